The second kappa shape index (κ2) is 13.8. The van der Waals surface area contributed by atoms with Crippen LogP contribution in [0.15, 0.2) is 30.5 Å². The van der Waals surface area contributed by atoms with E-state index in [-0.39, 0.29) is 24.3 Å². The smallest absolute Gasteiger partial charge is 0.326 e. The van der Waals surface area contributed by atoms with E-state index in [9.17, 15) is 29.1 Å². The number of nitrogens with one attached hydrogen (secondary N) is 4. The number of aromatic nitrogens is 1. The normalized spacial score (nSPS) is 14.3. The molecule has 0 aliphatic heterocycles. The van der Waals surface area contributed by atoms with Gasteiger partial charge in [-0.1, -0.05) is 18.2 Å². The van der Waals surface area contributed by atoms with Crippen LogP contribution in [0.25, 0.3) is 10.9 Å². The van der Waals surface area contributed by atoms with Crippen LogP contribution in [-0.4, -0.2) is 80.5 Å². The number of benzene rings is 1. The molecule has 0 spiro atoms. The minimum absolute atomic E-state index is 0.0176. The molecule has 1 heterocycles. The summed E-state index contributed by atoms with van der Waals surface area (Å²) in [6.07, 6.45) is 0.826. The molecule has 4 atom stereocenters. The van der Waals surface area contributed by atoms with Crippen molar-refractivity contribution < 1.29 is 34.2 Å². The van der Waals surface area contributed by atoms with Crippen LogP contribution in [0.5, 0.6) is 0 Å². The van der Waals surface area contributed by atoms with Crippen molar-refractivity contribution in [1.82, 2.24) is 20.9 Å². The number of thiol groups is 2. The number of carbonyl (C=O) groups is 5. The molecule has 2 aromatic rings. The molecule has 8 N–H and O–H groups in total. The standard InChI is InChI=1S/C22H29N5O7S2/c23-13(9-35)19(30)27-17(10-36)21(32)26-16(7-11-8-24-14-4-2-1-3-12(11)14)20(31)25-15(22(33)34)5-6-18(28)29/h1-4,8,13,15-17,24,35-36H,5-7,9-10,23H2,(H,25,31)(H,26,32)(H,27,30)(H,28,29)(H,33,34). The second-order valence-corrected chi connectivity index (χ2v) is 8.72. The number of hydrogen-bond donors (Lipinski definition) is 9. The van der Waals surface area contributed by atoms with Gasteiger partial charge in [0, 0.05) is 41.4 Å². The number of carbonyl (C=O) groups excluding carboxylic acids is 3. The molecule has 0 saturated heterocycles. The zero-order valence-corrected chi connectivity index (χ0v) is 20.9. The van der Waals surface area contributed by atoms with Gasteiger partial charge in [0.2, 0.25) is 17.7 Å². The van der Waals surface area contributed by atoms with Crippen molar-refractivity contribution in [2.45, 2.75) is 43.4 Å². The number of hydrogen-bond acceptors (Lipinski definition) is 8. The monoisotopic (exact) mass is 539 g/mol. The van der Waals surface area contributed by atoms with E-state index in [1.807, 2.05) is 18.2 Å². The predicted octanol–water partition coefficient (Wildman–Crippen LogP) is -0.699. The molecule has 12 nitrogen and oxygen atoms in total. The van der Waals surface area contributed by atoms with E-state index < -0.39 is 60.2 Å². The largest absolute Gasteiger partial charge is 0.481 e. The average molecular weight is 540 g/mol. The van der Waals surface area contributed by atoms with Crippen LogP contribution in [0.3, 0.4) is 0 Å². The third kappa shape index (κ3) is 8.17. The number of carboxylic acid groups (broad SMARTS) is 2. The summed E-state index contributed by atoms with van der Waals surface area (Å²) < 4.78 is 0. The summed E-state index contributed by atoms with van der Waals surface area (Å²) in [4.78, 5) is 63.7. The van der Waals surface area contributed by atoms with Gasteiger partial charge in [0.1, 0.15) is 18.1 Å². The quantitative estimate of drug-likeness (QED) is 0.140. The van der Waals surface area contributed by atoms with Crippen LogP contribution in [-0.2, 0) is 30.4 Å². The fourth-order valence-corrected chi connectivity index (χ4v) is 3.78. The lowest BCUT2D eigenvalue weighted by Crippen LogP contribution is -2.58. The second-order valence-electron chi connectivity index (χ2n) is 7.99. The van der Waals surface area contributed by atoms with E-state index in [4.69, 9.17) is 10.8 Å². The van der Waals surface area contributed by atoms with Gasteiger partial charge < -0.3 is 36.9 Å². The van der Waals surface area contributed by atoms with Gasteiger partial charge in [0.15, 0.2) is 0 Å². The van der Waals surface area contributed by atoms with E-state index in [0.717, 1.165) is 10.9 Å². The molecule has 0 fully saturated rings. The lowest BCUT2D eigenvalue weighted by Gasteiger charge is -2.24. The predicted molar refractivity (Wildman–Crippen MR) is 138 cm³/mol. The average Bonchev–Trinajstić information content (AvgIpc) is 3.26. The topological polar surface area (TPSA) is 204 Å². The zero-order chi connectivity index (χ0) is 26.8. The number of fused-ring (bicyclic) bond motifs is 1. The maximum atomic E-state index is 13.1. The zero-order valence-electron chi connectivity index (χ0n) is 19.1. The van der Waals surface area contributed by atoms with Crippen LogP contribution < -0.4 is 21.7 Å². The minimum atomic E-state index is -1.48. The maximum absolute atomic E-state index is 13.1. The van der Waals surface area contributed by atoms with Crippen molar-refractivity contribution in [1.29, 1.82) is 0 Å². The SMILES string of the molecule is NC(CS)C(=O)NC(CS)C(=O)NC(Cc1c[nH]c2ccccc12)C(=O)NC(CCC(=O)O)C(=O)O. The van der Waals surface area contributed by atoms with Gasteiger partial charge in [-0.3, -0.25) is 19.2 Å². The maximum Gasteiger partial charge on any atom is 0.326 e. The molecule has 0 aliphatic carbocycles. The van der Waals surface area contributed by atoms with Gasteiger partial charge in [-0.15, -0.1) is 0 Å². The first-order chi connectivity index (χ1) is 17.1. The Morgan fingerprint density at radius 1 is 0.889 bits per heavy atom. The Hall–Kier alpha value is -3.23. The molecule has 0 saturated carbocycles. The first-order valence-corrected chi connectivity index (χ1v) is 12.2. The van der Waals surface area contributed by atoms with Crippen molar-refractivity contribution in [3.05, 3.63) is 36.0 Å². The molecule has 4 unspecified atom stereocenters. The molecule has 0 radical (unpaired) electrons. The number of carboxylic acids is 2. The highest BCUT2D eigenvalue weighted by atomic mass is 32.1. The van der Waals surface area contributed by atoms with Crippen LogP contribution >= 0.6 is 25.3 Å². The van der Waals surface area contributed by atoms with Gasteiger partial charge in [0.05, 0.1) is 6.04 Å². The highest BCUT2D eigenvalue weighted by molar-refractivity contribution is 7.80. The van der Waals surface area contributed by atoms with Crippen LogP contribution in [0.1, 0.15) is 18.4 Å². The number of rotatable bonds is 14. The van der Waals surface area contributed by atoms with Crippen molar-refractivity contribution in [2.24, 2.45) is 5.73 Å². The summed E-state index contributed by atoms with van der Waals surface area (Å²) in [5, 5.41) is 26.4. The Labute approximate surface area is 217 Å². The fraction of sp³-hybridized carbons (Fsp3) is 0.409. The van der Waals surface area contributed by atoms with E-state index in [0.29, 0.717) is 5.56 Å². The van der Waals surface area contributed by atoms with Gasteiger partial charge in [0.25, 0.3) is 0 Å². The molecule has 14 heteroatoms. The molecule has 0 bridgehead atoms. The molecule has 0 aliphatic rings. The summed E-state index contributed by atoms with van der Waals surface area (Å²) in [6.45, 7) is 0. The van der Waals surface area contributed by atoms with E-state index in [2.05, 4.69) is 46.2 Å². The molecular weight excluding hydrogens is 510 g/mol. The third-order valence-electron chi connectivity index (χ3n) is 5.34. The van der Waals surface area contributed by atoms with Crippen molar-refractivity contribution >= 4 is 65.8 Å². The lowest BCUT2D eigenvalue weighted by molar-refractivity contribution is -0.143. The Kier molecular flexibility index (Phi) is 11.1. The molecule has 1 aromatic carbocycles. The number of aliphatic carboxylic acids is 2. The fourth-order valence-electron chi connectivity index (χ4n) is 3.36. The summed E-state index contributed by atoms with van der Waals surface area (Å²) in [5.74, 6) is -4.88. The van der Waals surface area contributed by atoms with Gasteiger partial charge in [-0.05, 0) is 18.1 Å². The molecule has 3 amide bonds. The highest BCUT2D eigenvalue weighted by Gasteiger charge is 2.30. The summed E-state index contributed by atoms with van der Waals surface area (Å²) >= 11 is 8.05. The minimum Gasteiger partial charge on any atom is -0.481 e. The highest BCUT2D eigenvalue weighted by Crippen LogP contribution is 2.19. The summed E-state index contributed by atoms with van der Waals surface area (Å²) in [6, 6.07) is 2.45. The number of H-pyrrole nitrogens is 1. The van der Waals surface area contributed by atoms with Crippen molar-refractivity contribution in [2.75, 3.05) is 11.5 Å². The van der Waals surface area contributed by atoms with Gasteiger partial charge in [-0.2, -0.15) is 25.3 Å². The lowest BCUT2D eigenvalue weighted by atomic mass is 10.0. The van der Waals surface area contributed by atoms with E-state index in [1.165, 1.54) is 0 Å². The third-order valence-corrected chi connectivity index (χ3v) is 6.10. The van der Waals surface area contributed by atoms with Crippen LogP contribution in [0.2, 0.25) is 0 Å². The van der Waals surface area contributed by atoms with Crippen LogP contribution in [0.4, 0.5) is 0 Å². The van der Waals surface area contributed by atoms with Gasteiger partial charge in [-0.25, -0.2) is 4.79 Å². The number of nitrogens with two attached hydrogens (primary N) is 1. The Balaban J connectivity index is 2.27. The number of amides is 3. The first kappa shape index (κ1) is 29.0. The number of para-hydroxylation sites is 1. The molecule has 1 aromatic heterocycles. The molecule has 196 valence electrons. The van der Waals surface area contributed by atoms with Crippen molar-refractivity contribution in [3.8, 4) is 0 Å². The Morgan fingerprint density at radius 2 is 1.50 bits per heavy atom. The Morgan fingerprint density at radius 3 is 2.11 bits per heavy atom. The van der Waals surface area contributed by atoms with Crippen molar-refractivity contribution in [3.63, 3.8) is 0 Å². The summed E-state index contributed by atoms with van der Waals surface area (Å²) in [7, 11) is 0. The molecule has 2 rings (SSSR count). The molecule has 36 heavy (non-hydrogen) atoms. The van der Waals surface area contributed by atoms with Gasteiger partial charge >= 0.3 is 11.9 Å². The number of aromatic amines is 1. The first-order valence-electron chi connectivity index (χ1n) is 10.9. The summed E-state index contributed by atoms with van der Waals surface area (Å²) in [5.41, 5.74) is 7.10. The molecular formula is C22H29N5O7S2. The van der Waals surface area contributed by atoms with Crippen LogP contribution in [0, 0.1) is 0 Å². The van der Waals surface area contributed by atoms with E-state index >= 15 is 0 Å². The Bertz CT molecular complexity index is 1110. The van der Waals surface area contributed by atoms with E-state index in [1.54, 1.807) is 12.3 Å².